The Hall–Kier alpha value is -2.48. The topological polar surface area (TPSA) is 97.1 Å². The third kappa shape index (κ3) is 4.25. The largest absolute Gasteiger partial charge is 0.478 e. The SMILES string of the molecule is Cc1cc(C(=O)NCCn2ccnn2)sc1/C=C/C(=O)O. The van der Waals surface area contributed by atoms with Crippen molar-refractivity contribution >= 4 is 29.3 Å². The van der Waals surface area contributed by atoms with Crippen LogP contribution in [0.3, 0.4) is 0 Å². The zero-order valence-electron chi connectivity index (χ0n) is 11.3. The molecule has 0 atom stereocenters. The van der Waals surface area contributed by atoms with Crippen molar-refractivity contribution in [2.75, 3.05) is 6.54 Å². The maximum absolute atomic E-state index is 12.0. The third-order valence-corrected chi connectivity index (χ3v) is 3.86. The molecule has 110 valence electrons. The number of nitrogens with zero attached hydrogens (tertiary/aromatic N) is 3. The molecule has 8 heteroatoms. The highest BCUT2D eigenvalue weighted by molar-refractivity contribution is 7.15. The van der Waals surface area contributed by atoms with E-state index in [2.05, 4.69) is 15.6 Å². The minimum atomic E-state index is -1.01. The highest BCUT2D eigenvalue weighted by Crippen LogP contribution is 2.23. The van der Waals surface area contributed by atoms with Crippen molar-refractivity contribution < 1.29 is 14.7 Å². The molecule has 0 bridgehead atoms. The number of carboxylic acid groups (broad SMARTS) is 1. The van der Waals surface area contributed by atoms with Gasteiger partial charge >= 0.3 is 5.97 Å². The van der Waals surface area contributed by atoms with E-state index < -0.39 is 5.97 Å². The summed E-state index contributed by atoms with van der Waals surface area (Å²) in [4.78, 5) is 23.8. The summed E-state index contributed by atoms with van der Waals surface area (Å²) in [6.45, 7) is 2.82. The summed E-state index contributed by atoms with van der Waals surface area (Å²) in [5.41, 5.74) is 0.874. The standard InChI is InChI=1S/C13H14N4O3S/c1-9-8-11(21-10(9)2-3-12(18)19)13(20)14-4-6-17-7-5-15-16-17/h2-3,5,7-8H,4,6H2,1H3,(H,14,20)(H,18,19)/b3-2+. The van der Waals surface area contributed by atoms with Gasteiger partial charge < -0.3 is 10.4 Å². The molecule has 2 rings (SSSR count). The lowest BCUT2D eigenvalue weighted by atomic mass is 10.2. The van der Waals surface area contributed by atoms with E-state index in [1.54, 1.807) is 23.1 Å². The Balaban J connectivity index is 1.93. The Morgan fingerprint density at radius 3 is 3.00 bits per heavy atom. The Morgan fingerprint density at radius 1 is 1.52 bits per heavy atom. The van der Waals surface area contributed by atoms with Gasteiger partial charge in [0.25, 0.3) is 5.91 Å². The number of hydrogen-bond acceptors (Lipinski definition) is 5. The molecule has 21 heavy (non-hydrogen) atoms. The molecule has 0 radical (unpaired) electrons. The number of hydrogen-bond donors (Lipinski definition) is 2. The number of carbonyl (C=O) groups excluding carboxylic acids is 1. The van der Waals surface area contributed by atoms with E-state index in [1.165, 1.54) is 17.4 Å². The summed E-state index contributed by atoms with van der Waals surface area (Å²) in [5, 5.41) is 18.9. The Kier molecular flexibility index (Phi) is 4.83. The monoisotopic (exact) mass is 306 g/mol. The van der Waals surface area contributed by atoms with Gasteiger partial charge in [0.1, 0.15) is 0 Å². The number of rotatable bonds is 6. The minimum absolute atomic E-state index is 0.182. The van der Waals surface area contributed by atoms with E-state index in [1.807, 2.05) is 6.92 Å². The van der Waals surface area contributed by atoms with Crippen LogP contribution in [-0.4, -0.2) is 38.5 Å². The number of carboxylic acids is 1. The van der Waals surface area contributed by atoms with Crippen molar-refractivity contribution in [3.63, 3.8) is 0 Å². The molecule has 2 aromatic heterocycles. The summed E-state index contributed by atoms with van der Waals surface area (Å²) < 4.78 is 1.63. The summed E-state index contributed by atoms with van der Waals surface area (Å²) in [6, 6.07) is 1.75. The van der Waals surface area contributed by atoms with Crippen molar-refractivity contribution in [3.05, 3.63) is 39.9 Å². The molecular weight excluding hydrogens is 292 g/mol. The number of amides is 1. The number of aryl methyl sites for hydroxylation is 1. The van der Waals surface area contributed by atoms with Crippen molar-refractivity contribution in [3.8, 4) is 0 Å². The van der Waals surface area contributed by atoms with Gasteiger partial charge in [0, 0.05) is 23.7 Å². The van der Waals surface area contributed by atoms with E-state index in [0.717, 1.165) is 16.5 Å². The molecule has 0 aromatic carbocycles. The predicted octanol–water partition coefficient (Wildman–Crippen LogP) is 1.18. The molecule has 7 nitrogen and oxygen atoms in total. The van der Waals surface area contributed by atoms with Gasteiger partial charge in [-0.15, -0.1) is 16.4 Å². The smallest absolute Gasteiger partial charge is 0.328 e. The zero-order valence-corrected chi connectivity index (χ0v) is 12.1. The second kappa shape index (κ2) is 6.80. The molecule has 0 saturated heterocycles. The lowest BCUT2D eigenvalue weighted by Crippen LogP contribution is -2.26. The molecule has 0 aliphatic heterocycles. The number of nitrogens with one attached hydrogen (secondary N) is 1. The van der Waals surface area contributed by atoms with Crippen LogP contribution in [0.4, 0.5) is 0 Å². The molecular formula is C13H14N4O3S. The molecule has 0 aliphatic rings. The maximum Gasteiger partial charge on any atom is 0.328 e. The van der Waals surface area contributed by atoms with Crippen LogP contribution in [0.5, 0.6) is 0 Å². The van der Waals surface area contributed by atoms with E-state index in [9.17, 15) is 9.59 Å². The molecule has 0 saturated carbocycles. The molecule has 0 aliphatic carbocycles. The molecule has 2 heterocycles. The van der Waals surface area contributed by atoms with Crippen LogP contribution in [-0.2, 0) is 11.3 Å². The van der Waals surface area contributed by atoms with Crippen LogP contribution < -0.4 is 5.32 Å². The van der Waals surface area contributed by atoms with E-state index in [-0.39, 0.29) is 5.91 Å². The molecule has 2 aromatic rings. The summed E-state index contributed by atoms with van der Waals surface area (Å²) >= 11 is 1.26. The van der Waals surface area contributed by atoms with Gasteiger partial charge in [-0.2, -0.15) is 0 Å². The van der Waals surface area contributed by atoms with Gasteiger partial charge in [-0.3, -0.25) is 9.48 Å². The Morgan fingerprint density at radius 2 is 2.33 bits per heavy atom. The first-order valence-corrected chi connectivity index (χ1v) is 7.01. The molecule has 0 spiro atoms. The van der Waals surface area contributed by atoms with Gasteiger partial charge in [0.2, 0.25) is 0 Å². The normalized spacial score (nSPS) is 10.9. The van der Waals surface area contributed by atoms with Crippen molar-refractivity contribution in [2.45, 2.75) is 13.5 Å². The lowest BCUT2D eigenvalue weighted by Gasteiger charge is -2.02. The number of aromatic nitrogens is 3. The van der Waals surface area contributed by atoms with Crippen LogP contribution in [0.25, 0.3) is 6.08 Å². The number of carbonyl (C=O) groups is 2. The average Bonchev–Trinajstić information content (AvgIpc) is 3.06. The van der Waals surface area contributed by atoms with Gasteiger partial charge in [-0.1, -0.05) is 5.21 Å². The Bertz CT molecular complexity index is 661. The highest BCUT2D eigenvalue weighted by atomic mass is 32.1. The van der Waals surface area contributed by atoms with Crippen LogP contribution in [0.1, 0.15) is 20.1 Å². The van der Waals surface area contributed by atoms with Gasteiger partial charge in [-0.05, 0) is 24.6 Å². The molecule has 0 unspecified atom stereocenters. The fraction of sp³-hybridized carbons (Fsp3) is 0.231. The van der Waals surface area contributed by atoms with E-state index >= 15 is 0 Å². The second-order valence-corrected chi connectivity index (χ2v) is 5.34. The third-order valence-electron chi connectivity index (χ3n) is 2.66. The fourth-order valence-corrected chi connectivity index (χ4v) is 2.64. The van der Waals surface area contributed by atoms with Crippen LogP contribution in [0, 0.1) is 6.92 Å². The van der Waals surface area contributed by atoms with E-state index in [4.69, 9.17) is 5.11 Å². The molecule has 1 amide bonds. The van der Waals surface area contributed by atoms with Gasteiger partial charge in [0.15, 0.2) is 0 Å². The van der Waals surface area contributed by atoms with E-state index in [0.29, 0.717) is 18.0 Å². The minimum Gasteiger partial charge on any atom is -0.478 e. The van der Waals surface area contributed by atoms with Crippen LogP contribution >= 0.6 is 11.3 Å². The first-order valence-electron chi connectivity index (χ1n) is 6.20. The van der Waals surface area contributed by atoms with Crippen molar-refractivity contribution in [2.24, 2.45) is 0 Å². The van der Waals surface area contributed by atoms with Crippen molar-refractivity contribution in [1.82, 2.24) is 20.3 Å². The second-order valence-electron chi connectivity index (χ2n) is 4.25. The quantitative estimate of drug-likeness (QED) is 0.781. The van der Waals surface area contributed by atoms with Gasteiger partial charge in [0.05, 0.1) is 17.6 Å². The first kappa shape index (κ1) is 14.9. The number of aliphatic carboxylic acids is 1. The highest BCUT2D eigenvalue weighted by Gasteiger charge is 2.11. The zero-order chi connectivity index (χ0) is 15.2. The van der Waals surface area contributed by atoms with Crippen molar-refractivity contribution in [1.29, 1.82) is 0 Å². The summed E-state index contributed by atoms with van der Waals surface area (Å²) in [6.07, 6.45) is 5.85. The average molecular weight is 306 g/mol. The predicted molar refractivity (Wildman–Crippen MR) is 78.1 cm³/mol. The van der Waals surface area contributed by atoms with Gasteiger partial charge in [-0.25, -0.2) is 4.79 Å². The summed E-state index contributed by atoms with van der Waals surface area (Å²) in [7, 11) is 0. The van der Waals surface area contributed by atoms with Crippen LogP contribution in [0.15, 0.2) is 24.5 Å². The Labute approximate surface area is 124 Å². The number of thiophene rings is 1. The maximum atomic E-state index is 12.0. The lowest BCUT2D eigenvalue weighted by molar-refractivity contribution is -0.131. The molecule has 0 fully saturated rings. The van der Waals surface area contributed by atoms with Crippen LogP contribution in [0.2, 0.25) is 0 Å². The fourth-order valence-electron chi connectivity index (χ4n) is 1.64. The molecule has 2 N–H and O–H groups in total. The first-order chi connectivity index (χ1) is 10.1. The summed E-state index contributed by atoms with van der Waals surface area (Å²) in [5.74, 6) is -1.19.